The van der Waals surface area contributed by atoms with Crippen LogP contribution in [0.5, 0.6) is 0 Å². The van der Waals surface area contributed by atoms with Crippen LogP contribution in [0.25, 0.3) is 0 Å². The summed E-state index contributed by atoms with van der Waals surface area (Å²) in [4.78, 5) is 47.2. The van der Waals surface area contributed by atoms with E-state index in [1.54, 1.807) is 12.4 Å². The number of hydrogen-bond acceptors (Lipinski definition) is 5. The molecule has 0 spiro atoms. The molecule has 1 aromatic heterocycles. The first-order valence-electron chi connectivity index (χ1n) is 10.4. The Morgan fingerprint density at radius 3 is 2.18 bits per heavy atom. The van der Waals surface area contributed by atoms with Crippen molar-refractivity contribution in [2.75, 3.05) is 32.7 Å². The number of nitrogens with zero attached hydrogens (tertiary/aromatic N) is 4. The minimum Gasteiger partial charge on any atom is -0.340 e. The molecule has 2 aliphatic heterocycles. The van der Waals surface area contributed by atoms with E-state index in [4.69, 9.17) is 0 Å². The SMILES string of the molecule is O=C(CCN1C(=O)C2CCCCC2C1=O)N1CCN(Cc2ccncc2)CC1. The standard InChI is InChI=1S/C21H28N4O3/c26-19(7-10-25-20(27)17-3-1-2-4-18(17)21(25)28)24-13-11-23(12-14-24)15-16-5-8-22-9-6-16/h5-6,8-9,17-18H,1-4,7,10-15H2. The Hall–Kier alpha value is -2.28. The van der Waals surface area contributed by atoms with Gasteiger partial charge < -0.3 is 4.90 Å². The van der Waals surface area contributed by atoms with E-state index < -0.39 is 0 Å². The van der Waals surface area contributed by atoms with Crippen LogP contribution in [0.15, 0.2) is 24.5 Å². The van der Waals surface area contributed by atoms with Crippen molar-refractivity contribution in [2.24, 2.45) is 11.8 Å². The van der Waals surface area contributed by atoms with Crippen molar-refractivity contribution in [1.82, 2.24) is 19.7 Å². The summed E-state index contributed by atoms with van der Waals surface area (Å²) >= 11 is 0. The van der Waals surface area contributed by atoms with Crippen LogP contribution < -0.4 is 0 Å². The van der Waals surface area contributed by atoms with Gasteiger partial charge in [0.2, 0.25) is 17.7 Å². The zero-order valence-corrected chi connectivity index (χ0v) is 16.3. The number of imide groups is 1. The molecule has 3 fully saturated rings. The Morgan fingerprint density at radius 2 is 1.57 bits per heavy atom. The molecule has 0 N–H and O–H groups in total. The zero-order valence-electron chi connectivity index (χ0n) is 16.3. The summed E-state index contributed by atoms with van der Waals surface area (Å²) < 4.78 is 0. The molecule has 1 aromatic rings. The Kier molecular flexibility index (Phi) is 5.71. The summed E-state index contributed by atoms with van der Waals surface area (Å²) in [6.07, 6.45) is 7.52. The van der Waals surface area contributed by atoms with Crippen molar-refractivity contribution in [1.29, 1.82) is 0 Å². The third kappa shape index (κ3) is 3.94. The van der Waals surface area contributed by atoms with Crippen molar-refractivity contribution in [3.8, 4) is 0 Å². The first-order valence-corrected chi connectivity index (χ1v) is 10.4. The van der Waals surface area contributed by atoms with Gasteiger partial charge in [0.25, 0.3) is 0 Å². The number of carbonyl (C=O) groups excluding carboxylic acids is 3. The molecule has 3 heterocycles. The molecule has 2 atom stereocenters. The molecule has 1 aliphatic carbocycles. The highest BCUT2D eigenvalue weighted by molar-refractivity contribution is 6.05. The molecular weight excluding hydrogens is 356 g/mol. The zero-order chi connectivity index (χ0) is 19.5. The molecule has 7 heteroatoms. The van der Waals surface area contributed by atoms with Crippen LogP contribution in [-0.2, 0) is 20.9 Å². The lowest BCUT2D eigenvalue weighted by molar-refractivity contribution is -0.141. The number of fused-ring (bicyclic) bond motifs is 1. The fourth-order valence-electron chi connectivity index (χ4n) is 4.72. The molecule has 28 heavy (non-hydrogen) atoms. The summed E-state index contributed by atoms with van der Waals surface area (Å²) in [5.74, 6) is -0.324. The molecule has 0 bridgehead atoms. The van der Waals surface area contributed by atoms with Gasteiger partial charge in [-0.05, 0) is 30.5 Å². The predicted octanol–water partition coefficient (Wildman–Crippen LogP) is 1.29. The fourth-order valence-corrected chi connectivity index (χ4v) is 4.72. The number of hydrogen-bond donors (Lipinski definition) is 0. The van der Waals surface area contributed by atoms with Crippen molar-refractivity contribution in [2.45, 2.75) is 38.6 Å². The molecule has 0 aromatic carbocycles. The monoisotopic (exact) mass is 384 g/mol. The minimum atomic E-state index is -0.131. The van der Waals surface area contributed by atoms with Crippen LogP contribution in [0.3, 0.4) is 0 Å². The van der Waals surface area contributed by atoms with Gasteiger partial charge in [0.15, 0.2) is 0 Å². The van der Waals surface area contributed by atoms with E-state index in [0.29, 0.717) is 13.1 Å². The van der Waals surface area contributed by atoms with Gasteiger partial charge in [-0.3, -0.25) is 29.2 Å². The van der Waals surface area contributed by atoms with Crippen molar-refractivity contribution < 1.29 is 14.4 Å². The summed E-state index contributed by atoms with van der Waals surface area (Å²) in [6.45, 7) is 4.15. The second-order valence-corrected chi connectivity index (χ2v) is 8.09. The fraction of sp³-hybridized carbons (Fsp3) is 0.619. The van der Waals surface area contributed by atoms with Gasteiger partial charge in [0.05, 0.1) is 11.8 Å². The van der Waals surface area contributed by atoms with Crippen LogP contribution in [0.1, 0.15) is 37.7 Å². The predicted molar refractivity (Wildman–Crippen MR) is 103 cm³/mol. The van der Waals surface area contributed by atoms with Crippen LogP contribution in [0.4, 0.5) is 0 Å². The largest absolute Gasteiger partial charge is 0.340 e. The maximum Gasteiger partial charge on any atom is 0.233 e. The number of rotatable bonds is 5. The Bertz CT molecular complexity index is 706. The summed E-state index contributed by atoms with van der Waals surface area (Å²) in [7, 11) is 0. The Labute approximate surface area is 165 Å². The van der Waals surface area contributed by atoms with Crippen molar-refractivity contribution >= 4 is 17.7 Å². The van der Waals surface area contributed by atoms with E-state index in [1.165, 1.54) is 10.5 Å². The lowest BCUT2D eigenvalue weighted by Gasteiger charge is -2.35. The molecule has 3 aliphatic rings. The van der Waals surface area contributed by atoms with E-state index in [0.717, 1.165) is 45.3 Å². The van der Waals surface area contributed by atoms with Gasteiger partial charge in [0.1, 0.15) is 0 Å². The van der Waals surface area contributed by atoms with Crippen LogP contribution in [0.2, 0.25) is 0 Å². The first kappa shape index (κ1) is 19.1. The second-order valence-electron chi connectivity index (χ2n) is 8.09. The summed E-state index contributed by atoms with van der Waals surface area (Å²) in [5.41, 5.74) is 1.22. The molecule has 0 radical (unpaired) electrons. The molecule has 4 rings (SSSR count). The maximum atomic E-state index is 12.6. The topological polar surface area (TPSA) is 73.8 Å². The lowest BCUT2D eigenvalue weighted by atomic mass is 9.81. The number of likely N-dealkylation sites (tertiary alicyclic amines) is 1. The number of amides is 3. The highest BCUT2D eigenvalue weighted by Gasteiger charge is 2.47. The van der Waals surface area contributed by atoms with E-state index in [9.17, 15) is 14.4 Å². The molecule has 7 nitrogen and oxygen atoms in total. The number of carbonyl (C=O) groups is 3. The van der Waals surface area contributed by atoms with Crippen LogP contribution >= 0.6 is 0 Å². The molecule has 1 saturated carbocycles. The molecule has 150 valence electrons. The first-order chi connectivity index (χ1) is 13.6. The lowest BCUT2D eigenvalue weighted by Crippen LogP contribution is -2.49. The van der Waals surface area contributed by atoms with Gasteiger partial charge in [-0.1, -0.05) is 12.8 Å². The van der Waals surface area contributed by atoms with Gasteiger partial charge in [0, 0.05) is 58.1 Å². The third-order valence-electron chi connectivity index (χ3n) is 6.36. The van der Waals surface area contributed by atoms with Gasteiger partial charge >= 0.3 is 0 Å². The van der Waals surface area contributed by atoms with E-state index >= 15 is 0 Å². The van der Waals surface area contributed by atoms with Crippen LogP contribution in [-0.4, -0.2) is 70.1 Å². The highest BCUT2D eigenvalue weighted by atomic mass is 16.2. The Morgan fingerprint density at radius 1 is 0.964 bits per heavy atom. The van der Waals surface area contributed by atoms with E-state index in [2.05, 4.69) is 9.88 Å². The number of aromatic nitrogens is 1. The molecular formula is C21H28N4O3. The minimum absolute atomic E-state index is 0.0408. The number of piperazine rings is 1. The van der Waals surface area contributed by atoms with Gasteiger partial charge in [-0.25, -0.2) is 0 Å². The van der Waals surface area contributed by atoms with Gasteiger partial charge in [-0.15, -0.1) is 0 Å². The molecule has 2 saturated heterocycles. The third-order valence-corrected chi connectivity index (χ3v) is 6.36. The van der Waals surface area contributed by atoms with E-state index in [-0.39, 0.29) is 42.5 Å². The summed E-state index contributed by atoms with van der Waals surface area (Å²) in [6, 6.07) is 4.03. The average molecular weight is 384 g/mol. The summed E-state index contributed by atoms with van der Waals surface area (Å²) in [5, 5.41) is 0. The second kappa shape index (κ2) is 8.39. The van der Waals surface area contributed by atoms with Crippen LogP contribution in [0, 0.1) is 11.8 Å². The molecule has 3 amide bonds. The number of pyridine rings is 1. The van der Waals surface area contributed by atoms with Crippen molar-refractivity contribution in [3.05, 3.63) is 30.1 Å². The maximum absolute atomic E-state index is 12.6. The average Bonchev–Trinajstić information content (AvgIpc) is 2.98. The van der Waals surface area contributed by atoms with Gasteiger partial charge in [-0.2, -0.15) is 0 Å². The highest BCUT2D eigenvalue weighted by Crippen LogP contribution is 2.38. The normalized spacial score (nSPS) is 25.9. The van der Waals surface area contributed by atoms with Crippen molar-refractivity contribution in [3.63, 3.8) is 0 Å². The van der Waals surface area contributed by atoms with E-state index in [1.807, 2.05) is 17.0 Å². The quantitative estimate of drug-likeness (QED) is 0.716. The Balaban J connectivity index is 1.24. The smallest absolute Gasteiger partial charge is 0.233 e. The molecule has 2 unspecified atom stereocenters.